The number of rotatable bonds is 4. The average Bonchev–Trinajstić information content (AvgIpc) is 3.45. The normalized spacial score (nSPS) is 10.6. The SMILES string of the molecule is Cc1ccc(C(=O)Nc2cccc(F)c2)cc1C#Cc1cnc2c(Nc3cnn(C)c3)cccn12. The number of pyridine rings is 1. The standard InChI is InChI=1S/C27H21FN6O/c1-18-8-9-20(27(35)32-22-6-3-5-21(28)14-22)13-19(18)10-11-24-16-29-26-25(7-4-12-34(24)26)31-23-15-30-33(2)17-23/h3-9,12-17,31H,1-2H3,(H,32,35). The highest BCUT2D eigenvalue weighted by molar-refractivity contribution is 6.04. The van der Waals surface area contributed by atoms with Gasteiger partial charge < -0.3 is 10.6 Å². The number of carbonyl (C=O) groups is 1. The lowest BCUT2D eigenvalue weighted by molar-refractivity contribution is 0.102. The van der Waals surface area contributed by atoms with Crippen LogP contribution in [0.4, 0.5) is 21.5 Å². The van der Waals surface area contributed by atoms with Gasteiger partial charge in [0, 0.05) is 36.3 Å². The van der Waals surface area contributed by atoms with Gasteiger partial charge in [0.2, 0.25) is 0 Å². The number of nitrogens with zero attached hydrogens (tertiary/aromatic N) is 4. The Morgan fingerprint density at radius 3 is 2.71 bits per heavy atom. The van der Waals surface area contributed by atoms with Gasteiger partial charge in [0.05, 0.1) is 23.8 Å². The molecule has 0 unspecified atom stereocenters. The third-order valence-electron chi connectivity index (χ3n) is 5.43. The van der Waals surface area contributed by atoms with Crippen LogP contribution >= 0.6 is 0 Å². The summed E-state index contributed by atoms with van der Waals surface area (Å²) in [4.78, 5) is 17.2. The van der Waals surface area contributed by atoms with Crippen LogP contribution in [0.5, 0.6) is 0 Å². The van der Waals surface area contributed by atoms with Crippen LogP contribution in [-0.2, 0) is 7.05 Å². The van der Waals surface area contributed by atoms with E-state index in [2.05, 4.69) is 32.6 Å². The molecule has 7 nitrogen and oxygen atoms in total. The van der Waals surface area contributed by atoms with E-state index in [0.717, 1.165) is 28.1 Å². The summed E-state index contributed by atoms with van der Waals surface area (Å²) in [5.41, 5.74) is 5.63. The summed E-state index contributed by atoms with van der Waals surface area (Å²) < 4.78 is 17.1. The van der Waals surface area contributed by atoms with Gasteiger partial charge in [0.15, 0.2) is 5.65 Å². The number of hydrogen-bond donors (Lipinski definition) is 2. The van der Waals surface area contributed by atoms with Crippen molar-refractivity contribution in [1.82, 2.24) is 19.2 Å². The van der Waals surface area contributed by atoms with E-state index in [1.165, 1.54) is 12.1 Å². The lowest BCUT2D eigenvalue weighted by Gasteiger charge is -2.07. The number of aromatic nitrogens is 4. The number of amides is 1. The Morgan fingerprint density at radius 2 is 1.91 bits per heavy atom. The van der Waals surface area contributed by atoms with E-state index >= 15 is 0 Å². The number of anilines is 3. The molecule has 3 aromatic heterocycles. The van der Waals surface area contributed by atoms with Crippen molar-refractivity contribution in [1.29, 1.82) is 0 Å². The molecule has 3 heterocycles. The van der Waals surface area contributed by atoms with Crippen molar-refractivity contribution < 1.29 is 9.18 Å². The molecule has 0 spiro atoms. The van der Waals surface area contributed by atoms with Crippen molar-refractivity contribution in [3.05, 3.63) is 108 Å². The fraction of sp³-hybridized carbons (Fsp3) is 0.0741. The molecule has 5 aromatic rings. The molecule has 0 aliphatic rings. The molecule has 172 valence electrons. The van der Waals surface area contributed by atoms with E-state index in [4.69, 9.17) is 0 Å². The molecule has 0 fully saturated rings. The summed E-state index contributed by atoms with van der Waals surface area (Å²) in [6.45, 7) is 1.93. The van der Waals surface area contributed by atoms with E-state index in [-0.39, 0.29) is 5.91 Å². The maximum Gasteiger partial charge on any atom is 0.255 e. The Labute approximate surface area is 201 Å². The van der Waals surface area contributed by atoms with Crippen molar-refractivity contribution >= 4 is 28.6 Å². The molecule has 0 bridgehead atoms. The first kappa shape index (κ1) is 21.9. The number of hydrogen-bond acceptors (Lipinski definition) is 4. The topological polar surface area (TPSA) is 76.2 Å². The van der Waals surface area contributed by atoms with E-state index in [1.807, 2.05) is 49.0 Å². The largest absolute Gasteiger partial charge is 0.350 e. The summed E-state index contributed by atoms with van der Waals surface area (Å²) in [5, 5.41) is 10.2. The van der Waals surface area contributed by atoms with E-state index < -0.39 is 5.82 Å². The minimum atomic E-state index is -0.412. The van der Waals surface area contributed by atoms with Gasteiger partial charge >= 0.3 is 0 Å². The fourth-order valence-electron chi connectivity index (χ4n) is 3.64. The highest BCUT2D eigenvalue weighted by atomic mass is 19.1. The number of carbonyl (C=O) groups excluding carboxylic acids is 1. The molecule has 8 heteroatoms. The maximum atomic E-state index is 13.4. The van der Waals surface area contributed by atoms with Gasteiger partial charge in [-0.25, -0.2) is 9.37 Å². The fourth-order valence-corrected chi connectivity index (χ4v) is 3.64. The quantitative estimate of drug-likeness (QED) is 0.371. The van der Waals surface area contributed by atoms with Gasteiger partial charge in [0.25, 0.3) is 5.91 Å². The molecule has 2 aromatic carbocycles. The number of halogens is 1. The van der Waals surface area contributed by atoms with Crippen LogP contribution in [0.15, 0.2) is 79.4 Å². The minimum absolute atomic E-state index is 0.334. The molecule has 2 N–H and O–H groups in total. The molecule has 0 atom stereocenters. The molecule has 35 heavy (non-hydrogen) atoms. The van der Waals surface area contributed by atoms with Crippen LogP contribution in [0, 0.1) is 24.6 Å². The Balaban J connectivity index is 1.41. The molecular weight excluding hydrogens is 443 g/mol. The predicted octanol–water partition coefficient (Wildman–Crippen LogP) is 4.91. The lowest BCUT2D eigenvalue weighted by atomic mass is 10.0. The summed E-state index contributed by atoms with van der Waals surface area (Å²) >= 11 is 0. The maximum absolute atomic E-state index is 13.4. The first-order valence-electron chi connectivity index (χ1n) is 10.9. The molecule has 0 saturated carbocycles. The summed E-state index contributed by atoms with van der Waals surface area (Å²) in [7, 11) is 1.86. The Morgan fingerprint density at radius 1 is 1.03 bits per heavy atom. The van der Waals surface area contributed by atoms with Crippen molar-refractivity contribution in [2.75, 3.05) is 10.6 Å². The zero-order valence-corrected chi connectivity index (χ0v) is 19.1. The van der Waals surface area contributed by atoms with Crippen LogP contribution in [0.1, 0.15) is 27.2 Å². The summed E-state index contributed by atoms with van der Waals surface area (Å²) in [5.74, 6) is 5.59. The van der Waals surface area contributed by atoms with E-state index in [0.29, 0.717) is 16.9 Å². The van der Waals surface area contributed by atoms with Gasteiger partial charge in [-0.2, -0.15) is 5.10 Å². The second-order valence-electron chi connectivity index (χ2n) is 8.03. The lowest BCUT2D eigenvalue weighted by Crippen LogP contribution is -2.12. The van der Waals surface area contributed by atoms with Gasteiger partial charge in [-0.1, -0.05) is 18.1 Å². The van der Waals surface area contributed by atoms with Crippen LogP contribution in [-0.4, -0.2) is 25.1 Å². The Bertz CT molecular complexity index is 1620. The molecule has 0 aliphatic heterocycles. The van der Waals surface area contributed by atoms with Crippen LogP contribution in [0.25, 0.3) is 5.65 Å². The molecule has 1 amide bonds. The Kier molecular flexibility index (Phi) is 5.73. The van der Waals surface area contributed by atoms with E-state index in [1.54, 1.807) is 41.3 Å². The third-order valence-corrected chi connectivity index (χ3v) is 5.43. The van der Waals surface area contributed by atoms with Crippen LogP contribution in [0.3, 0.4) is 0 Å². The molecule has 0 saturated heterocycles. The van der Waals surface area contributed by atoms with Crippen molar-refractivity contribution in [2.24, 2.45) is 7.05 Å². The van der Waals surface area contributed by atoms with Gasteiger partial charge in [-0.05, 0) is 60.9 Å². The molecule has 0 aliphatic carbocycles. The number of imidazole rings is 1. The van der Waals surface area contributed by atoms with E-state index in [9.17, 15) is 9.18 Å². The number of nitrogens with one attached hydrogen (secondary N) is 2. The monoisotopic (exact) mass is 464 g/mol. The highest BCUT2D eigenvalue weighted by Gasteiger charge is 2.10. The zero-order valence-electron chi connectivity index (χ0n) is 19.1. The molecular formula is C27H21FN6O. The first-order chi connectivity index (χ1) is 17.0. The highest BCUT2D eigenvalue weighted by Crippen LogP contribution is 2.21. The Hall–Kier alpha value is -4.90. The molecule has 5 rings (SSSR count). The second kappa shape index (κ2) is 9.15. The first-order valence-corrected chi connectivity index (χ1v) is 10.9. The van der Waals surface area contributed by atoms with Crippen molar-refractivity contribution in [3.63, 3.8) is 0 Å². The third kappa shape index (κ3) is 4.75. The second-order valence-corrected chi connectivity index (χ2v) is 8.03. The smallest absolute Gasteiger partial charge is 0.255 e. The molecule has 0 radical (unpaired) electrons. The summed E-state index contributed by atoms with van der Waals surface area (Å²) in [6, 6.07) is 14.9. The average molecular weight is 465 g/mol. The van der Waals surface area contributed by atoms with Gasteiger partial charge in [-0.3, -0.25) is 13.9 Å². The van der Waals surface area contributed by atoms with Crippen LogP contribution < -0.4 is 10.6 Å². The number of benzene rings is 2. The minimum Gasteiger partial charge on any atom is -0.350 e. The van der Waals surface area contributed by atoms with Gasteiger partial charge in [-0.15, -0.1) is 0 Å². The summed E-state index contributed by atoms with van der Waals surface area (Å²) in [6.07, 6.45) is 7.24. The van der Waals surface area contributed by atoms with Crippen molar-refractivity contribution in [2.45, 2.75) is 6.92 Å². The predicted molar refractivity (Wildman–Crippen MR) is 133 cm³/mol. The van der Waals surface area contributed by atoms with Crippen molar-refractivity contribution in [3.8, 4) is 11.8 Å². The van der Waals surface area contributed by atoms with Crippen LogP contribution in [0.2, 0.25) is 0 Å². The number of fused-ring (bicyclic) bond motifs is 1. The van der Waals surface area contributed by atoms with Gasteiger partial charge in [0.1, 0.15) is 11.5 Å². The number of aryl methyl sites for hydroxylation is 2. The zero-order chi connectivity index (χ0) is 24.4.